The molecule has 2 aromatic rings. The van der Waals surface area contributed by atoms with Crippen molar-refractivity contribution in [3.8, 4) is 11.1 Å². The summed E-state index contributed by atoms with van der Waals surface area (Å²) in [7, 11) is 1.94. The SMILES string of the molecule is CC[N+](O)(CC)C(=O)c1ccccc1-c1ccc2c(c1)CC[C@H]1N(C)C(=O)CC[C@]21C. The van der Waals surface area contributed by atoms with Gasteiger partial charge < -0.3 is 4.90 Å². The van der Waals surface area contributed by atoms with Gasteiger partial charge in [-0.25, -0.2) is 10.0 Å². The summed E-state index contributed by atoms with van der Waals surface area (Å²) in [5, 5.41) is 10.8. The number of benzene rings is 2. The number of amides is 2. The molecular formula is C26H33N2O3+. The number of hydrogen-bond donors (Lipinski definition) is 1. The number of likely N-dealkylation sites (tertiary alicyclic amines) is 1. The third-order valence-electron chi connectivity index (χ3n) is 7.76. The van der Waals surface area contributed by atoms with Crippen molar-refractivity contribution in [1.82, 2.24) is 4.90 Å². The first-order valence-corrected chi connectivity index (χ1v) is 11.4. The van der Waals surface area contributed by atoms with E-state index < -0.39 is 4.65 Å². The van der Waals surface area contributed by atoms with E-state index in [-0.39, 0.29) is 23.3 Å². The maximum absolute atomic E-state index is 13.2. The molecule has 2 aromatic carbocycles. The Hall–Kier alpha value is -2.50. The summed E-state index contributed by atoms with van der Waals surface area (Å²) in [6.45, 7) is 6.60. The van der Waals surface area contributed by atoms with E-state index in [2.05, 4.69) is 25.1 Å². The van der Waals surface area contributed by atoms with Gasteiger partial charge in [-0.15, -0.1) is 4.65 Å². The molecule has 1 N–H and O–H groups in total. The van der Waals surface area contributed by atoms with Crippen LogP contribution in [0.4, 0.5) is 0 Å². The molecule has 1 saturated heterocycles. The summed E-state index contributed by atoms with van der Waals surface area (Å²) in [4.78, 5) is 27.4. The second-order valence-corrected chi connectivity index (χ2v) is 9.25. The molecule has 2 aliphatic rings. The van der Waals surface area contributed by atoms with Crippen LogP contribution in [0.2, 0.25) is 0 Å². The Morgan fingerprint density at radius 2 is 1.87 bits per heavy atom. The van der Waals surface area contributed by atoms with Crippen LogP contribution in [-0.4, -0.2) is 52.7 Å². The third-order valence-corrected chi connectivity index (χ3v) is 7.76. The highest BCUT2D eigenvalue weighted by Gasteiger charge is 2.46. The molecule has 5 nitrogen and oxygen atoms in total. The first kappa shape index (κ1) is 21.7. The largest absolute Gasteiger partial charge is 0.378 e. The predicted octanol–water partition coefficient (Wildman–Crippen LogP) is 4.56. The fourth-order valence-electron chi connectivity index (χ4n) is 5.61. The molecular weight excluding hydrogens is 388 g/mol. The molecule has 5 heteroatoms. The molecule has 0 saturated carbocycles. The van der Waals surface area contributed by atoms with Crippen LogP contribution in [-0.2, 0) is 16.6 Å². The van der Waals surface area contributed by atoms with Crippen LogP contribution < -0.4 is 0 Å². The van der Waals surface area contributed by atoms with E-state index in [0.29, 0.717) is 25.1 Å². The Morgan fingerprint density at radius 3 is 2.58 bits per heavy atom. The lowest BCUT2D eigenvalue weighted by atomic mass is 9.63. The quantitative estimate of drug-likeness (QED) is 0.447. The molecule has 164 valence electrons. The van der Waals surface area contributed by atoms with Crippen LogP contribution >= 0.6 is 0 Å². The van der Waals surface area contributed by atoms with Crippen molar-refractivity contribution in [3.63, 3.8) is 0 Å². The lowest BCUT2D eigenvalue weighted by molar-refractivity contribution is -1.03. The molecule has 0 spiro atoms. The van der Waals surface area contributed by atoms with Crippen LogP contribution in [0.5, 0.6) is 0 Å². The first-order chi connectivity index (χ1) is 14.7. The van der Waals surface area contributed by atoms with E-state index in [9.17, 15) is 14.8 Å². The molecule has 0 radical (unpaired) electrons. The molecule has 1 heterocycles. The Kier molecular flexibility index (Phi) is 5.52. The minimum atomic E-state index is -0.595. The number of hydrogen-bond acceptors (Lipinski definition) is 3. The molecule has 1 fully saturated rings. The fourth-order valence-corrected chi connectivity index (χ4v) is 5.61. The average molecular weight is 422 g/mol. The number of hydroxylamine groups is 3. The van der Waals surface area contributed by atoms with E-state index in [4.69, 9.17) is 0 Å². The minimum absolute atomic E-state index is 0.0360. The number of quaternary nitrogens is 1. The van der Waals surface area contributed by atoms with Gasteiger partial charge in [0.1, 0.15) is 13.1 Å². The maximum atomic E-state index is 13.2. The topological polar surface area (TPSA) is 57.6 Å². The molecule has 0 bridgehead atoms. The number of carbonyl (C=O) groups excluding carboxylic acids is 2. The lowest BCUT2D eigenvalue weighted by Crippen LogP contribution is -2.56. The van der Waals surface area contributed by atoms with Gasteiger partial charge in [0.25, 0.3) is 0 Å². The van der Waals surface area contributed by atoms with Gasteiger partial charge in [-0.3, -0.25) is 4.79 Å². The molecule has 2 atom stereocenters. The Bertz CT molecular complexity index is 1030. The van der Waals surface area contributed by atoms with Crippen LogP contribution in [0.3, 0.4) is 0 Å². The number of piperidine rings is 1. The standard InChI is InChI=1S/C26H33N2O3/c1-5-28(31,6-2)25(30)21-10-8-7-9-20(21)18-11-13-22-19(17-18)12-14-23-26(22,3)16-15-24(29)27(23)4/h7-11,13,17,23,31H,5-6,12,14-16H2,1-4H3/q+1/t23-,26-/m1/s1. The molecule has 0 unspecified atom stereocenters. The van der Waals surface area contributed by atoms with Crippen molar-refractivity contribution in [3.05, 3.63) is 59.2 Å². The highest BCUT2D eigenvalue weighted by molar-refractivity contribution is 5.96. The molecule has 31 heavy (non-hydrogen) atoms. The summed E-state index contributed by atoms with van der Waals surface area (Å²) in [6, 6.07) is 14.3. The van der Waals surface area contributed by atoms with E-state index in [1.54, 1.807) is 0 Å². The van der Waals surface area contributed by atoms with Crippen molar-refractivity contribution in [2.75, 3.05) is 20.1 Å². The van der Waals surface area contributed by atoms with Crippen molar-refractivity contribution in [1.29, 1.82) is 0 Å². The number of carbonyl (C=O) groups is 2. The summed E-state index contributed by atoms with van der Waals surface area (Å²) in [6.07, 6.45) is 3.34. The highest BCUT2D eigenvalue weighted by Crippen LogP contribution is 2.46. The number of nitrogens with zero attached hydrogens (tertiary/aromatic N) is 2. The molecule has 0 aromatic heterocycles. The second kappa shape index (κ2) is 7.88. The van der Waals surface area contributed by atoms with Crippen molar-refractivity contribution >= 4 is 11.8 Å². The van der Waals surface area contributed by atoms with E-state index in [1.165, 1.54) is 11.1 Å². The smallest absolute Gasteiger partial charge is 0.342 e. The van der Waals surface area contributed by atoms with Crippen molar-refractivity contribution < 1.29 is 19.4 Å². The van der Waals surface area contributed by atoms with Gasteiger partial charge >= 0.3 is 5.91 Å². The van der Waals surface area contributed by atoms with E-state index in [0.717, 1.165) is 30.4 Å². The normalized spacial score (nSPS) is 23.3. The third kappa shape index (κ3) is 3.40. The maximum Gasteiger partial charge on any atom is 0.378 e. The van der Waals surface area contributed by atoms with E-state index in [1.807, 2.05) is 50.1 Å². The number of aryl methyl sites for hydroxylation is 1. The first-order valence-electron chi connectivity index (χ1n) is 11.4. The van der Waals surface area contributed by atoms with Crippen LogP contribution in [0.25, 0.3) is 11.1 Å². The monoisotopic (exact) mass is 421 g/mol. The zero-order valence-electron chi connectivity index (χ0n) is 19.0. The molecule has 1 aliphatic heterocycles. The number of fused-ring (bicyclic) bond motifs is 3. The van der Waals surface area contributed by atoms with Gasteiger partial charge in [0.15, 0.2) is 0 Å². The molecule has 4 rings (SSSR count). The fraction of sp³-hybridized carbons (Fsp3) is 0.462. The summed E-state index contributed by atoms with van der Waals surface area (Å²) >= 11 is 0. The Labute approximate surface area is 184 Å². The van der Waals surface area contributed by atoms with Gasteiger partial charge in [0, 0.05) is 24.9 Å². The Morgan fingerprint density at radius 1 is 1.16 bits per heavy atom. The van der Waals surface area contributed by atoms with Gasteiger partial charge in [-0.1, -0.05) is 43.3 Å². The minimum Gasteiger partial charge on any atom is -0.342 e. The summed E-state index contributed by atoms with van der Waals surface area (Å²) in [5.41, 5.74) is 5.00. The Balaban J connectivity index is 1.76. The van der Waals surface area contributed by atoms with Crippen molar-refractivity contribution in [2.24, 2.45) is 0 Å². The molecule has 2 amide bonds. The van der Waals surface area contributed by atoms with Gasteiger partial charge in [-0.05, 0) is 61.4 Å². The second-order valence-electron chi connectivity index (χ2n) is 9.25. The van der Waals surface area contributed by atoms with Crippen LogP contribution in [0.15, 0.2) is 42.5 Å². The predicted molar refractivity (Wildman–Crippen MR) is 121 cm³/mol. The van der Waals surface area contributed by atoms with Gasteiger partial charge in [0.2, 0.25) is 5.91 Å². The van der Waals surface area contributed by atoms with E-state index >= 15 is 0 Å². The van der Waals surface area contributed by atoms with Crippen LogP contribution in [0, 0.1) is 0 Å². The average Bonchev–Trinajstić information content (AvgIpc) is 2.80. The number of rotatable bonds is 4. The number of likely N-dealkylation sites (N-methyl/N-ethyl adjacent to an activating group) is 1. The zero-order valence-corrected chi connectivity index (χ0v) is 19.0. The van der Waals surface area contributed by atoms with Crippen molar-refractivity contribution in [2.45, 2.75) is 57.9 Å². The van der Waals surface area contributed by atoms with Crippen LogP contribution in [0.1, 0.15) is 61.5 Å². The van der Waals surface area contributed by atoms with Gasteiger partial charge in [0.05, 0.1) is 5.56 Å². The zero-order chi connectivity index (χ0) is 22.4. The summed E-state index contributed by atoms with van der Waals surface area (Å²) < 4.78 is -0.595. The molecule has 1 aliphatic carbocycles. The highest BCUT2D eigenvalue weighted by atomic mass is 16.6. The lowest BCUT2D eigenvalue weighted by Gasteiger charge is -2.50. The van der Waals surface area contributed by atoms with Gasteiger partial charge in [-0.2, -0.15) is 0 Å². The summed E-state index contributed by atoms with van der Waals surface area (Å²) in [5.74, 6) is -0.0230.